The van der Waals surface area contributed by atoms with Crippen molar-refractivity contribution in [2.75, 3.05) is 4.90 Å². The second kappa shape index (κ2) is 12.0. The summed E-state index contributed by atoms with van der Waals surface area (Å²) in [4.78, 5) is 6.92. The Bertz CT molecular complexity index is 2740. The Morgan fingerprint density at radius 3 is 1.84 bits per heavy atom. The number of rotatable bonds is 6. The first-order chi connectivity index (χ1) is 25.3. The number of nitrogens with zero attached hydrogens (tertiary/aromatic N) is 3. The van der Waals surface area contributed by atoms with Crippen molar-refractivity contribution in [3.63, 3.8) is 0 Å². The van der Waals surface area contributed by atoms with Gasteiger partial charge in [0.25, 0.3) is 0 Å². The highest BCUT2D eigenvalue weighted by Crippen LogP contribution is 2.40. The zero-order valence-corrected chi connectivity index (χ0v) is 27.9. The molecule has 0 fully saturated rings. The highest BCUT2D eigenvalue weighted by molar-refractivity contribution is 6.21. The Balaban J connectivity index is 1.06. The van der Waals surface area contributed by atoms with Crippen molar-refractivity contribution in [3.8, 4) is 16.8 Å². The van der Waals surface area contributed by atoms with Gasteiger partial charge >= 0.3 is 0 Å². The van der Waals surface area contributed by atoms with Crippen LogP contribution in [0.5, 0.6) is 0 Å². The Morgan fingerprint density at radius 2 is 1.10 bits per heavy atom. The molecular formula is C48H33N3. The van der Waals surface area contributed by atoms with E-state index >= 15 is 0 Å². The Hall–Kier alpha value is -6.71. The molecule has 3 heteroatoms. The van der Waals surface area contributed by atoms with E-state index in [4.69, 9.17) is 0 Å². The van der Waals surface area contributed by atoms with E-state index in [0.29, 0.717) is 0 Å². The van der Waals surface area contributed by atoms with E-state index in [-0.39, 0.29) is 0 Å². The first-order valence-corrected chi connectivity index (χ1v) is 17.5. The fraction of sp³-hybridized carbons (Fsp3) is 0.0208. The fourth-order valence-corrected chi connectivity index (χ4v) is 7.81. The average Bonchev–Trinajstić information content (AvgIpc) is 3.79. The molecule has 0 atom stereocenters. The second-order valence-electron chi connectivity index (χ2n) is 13.2. The third-order valence-corrected chi connectivity index (χ3v) is 10.3. The second-order valence-corrected chi connectivity index (χ2v) is 13.2. The van der Waals surface area contributed by atoms with E-state index in [1.807, 2.05) is 12.3 Å². The normalized spacial score (nSPS) is 12.4. The van der Waals surface area contributed by atoms with E-state index in [0.717, 1.165) is 34.9 Å². The molecule has 1 aliphatic rings. The molecule has 0 saturated carbocycles. The van der Waals surface area contributed by atoms with Crippen LogP contribution in [0.3, 0.4) is 0 Å². The molecule has 0 radical (unpaired) electrons. The van der Waals surface area contributed by atoms with Gasteiger partial charge in [0.15, 0.2) is 0 Å². The fourth-order valence-electron chi connectivity index (χ4n) is 7.81. The lowest BCUT2D eigenvalue weighted by Gasteiger charge is -2.26. The highest BCUT2D eigenvalue weighted by Gasteiger charge is 2.18. The minimum absolute atomic E-state index is 0.910. The van der Waals surface area contributed by atoms with Gasteiger partial charge in [0.05, 0.1) is 16.7 Å². The van der Waals surface area contributed by atoms with Gasteiger partial charge in [0.2, 0.25) is 0 Å². The monoisotopic (exact) mass is 651 g/mol. The summed E-state index contributed by atoms with van der Waals surface area (Å²) < 4.78 is 2.40. The molecule has 0 unspecified atom stereocenters. The van der Waals surface area contributed by atoms with Crippen LogP contribution in [0, 0.1) is 0 Å². The number of aromatic nitrogens is 2. The van der Waals surface area contributed by atoms with Gasteiger partial charge in [-0.2, -0.15) is 0 Å². The van der Waals surface area contributed by atoms with Gasteiger partial charge in [-0.3, -0.25) is 4.98 Å². The van der Waals surface area contributed by atoms with Crippen molar-refractivity contribution in [1.29, 1.82) is 0 Å². The molecule has 0 amide bonds. The quantitative estimate of drug-likeness (QED) is 0.178. The van der Waals surface area contributed by atoms with Crippen LogP contribution in [0.15, 0.2) is 182 Å². The van der Waals surface area contributed by atoms with Crippen molar-refractivity contribution >= 4 is 61.3 Å². The predicted octanol–water partition coefficient (Wildman–Crippen LogP) is 12.6. The van der Waals surface area contributed by atoms with Gasteiger partial charge in [0.1, 0.15) is 0 Å². The summed E-state index contributed by atoms with van der Waals surface area (Å²) >= 11 is 0. The number of pyridine rings is 1. The summed E-state index contributed by atoms with van der Waals surface area (Å²) in [6.07, 6.45) is 5.00. The summed E-state index contributed by atoms with van der Waals surface area (Å²) in [5.74, 6) is 0. The number of para-hydroxylation sites is 1. The Labute approximate surface area is 297 Å². The third kappa shape index (κ3) is 5.02. The summed E-state index contributed by atoms with van der Waals surface area (Å²) in [6, 6.07) is 63.6. The lowest BCUT2D eigenvalue weighted by atomic mass is 10.0. The molecule has 0 aliphatic heterocycles. The van der Waals surface area contributed by atoms with Crippen LogP contribution in [0.4, 0.5) is 17.1 Å². The molecule has 0 saturated heterocycles. The number of benzene rings is 7. The topological polar surface area (TPSA) is 21.1 Å². The molecule has 51 heavy (non-hydrogen) atoms. The smallest absolute Gasteiger partial charge is 0.0668 e. The molecular weight excluding hydrogens is 619 g/mol. The van der Waals surface area contributed by atoms with E-state index < -0.39 is 0 Å². The Kier molecular flexibility index (Phi) is 6.88. The lowest BCUT2D eigenvalue weighted by Crippen LogP contribution is -2.10. The summed E-state index contributed by atoms with van der Waals surface area (Å²) in [5.41, 5.74) is 14.2. The largest absolute Gasteiger partial charge is 0.311 e. The molecule has 0 spiro atoms. The first kappa shape index (κ1) is 29.2. The van der Waals surface area contributed by atoms with Crippen LogP contribution in [0.25, 0.3) is 61.0 Å². The van der Waals surface area contributed by atoms with Gasteiger partial charge in [-0.05, 0) is 111 Å². The van der Waals surface area contributed by atoms with Crippen molar-refractivity contribution in [3.05, 3.63) is 199 Å². The van der Waals surface area contributed by atoms with E-state index in [9.17, 15) is 0 Å². The number of hydrogen-bond acceptors (Lipinski definition) is 2. The maximum Gasteiger partial charge on any atom is 0.0668 e. The lowest BCUT2D eigenvalue weighted by molar-refractivity contribution is 1.17. The first-order valence-electron chi connectivity index (χ1n) is 17.5. The molecule has 0 N–H and O–H groups in total. The van der Waals surface area contributed by atoms with E-state index in [1.54, 1.807) is 0 Å². The van der Waals surface area contributed by atoms with Crippen molar-refractivity contribution in [2.45, 2.75) is 6.42 Å². The standard InChI is InChI=1S/C48H33N3/c1-2-9-33(10-3-1)34-16-21-39(22-17-34)50(40-23-18-35(19-24-40)38-31-37-12-8-30-49-45(37)32-38)41-25-27-42(28-26-41)51-46-15-7-6-14-44(46)48-43-13-5-4-11-36(43)20-29-47(48)51/h1-30,32H,31H2. The highest BCUT2D eigenvalue weighted by atomic mass is 15.1. The van der Waals surface area contributed by atoms with Gasteiger partial charge in [-0.25, -0.2) is 0 Å². The zero-order valence-electron chi connectivity index (χ0n) is 27.9. The van der Waals surface area contributed by atoms with Gasteiger partial charge < -0.3 is 9.47 Å². The summed E-state index contributed by atoms with van der Waals surface area (Å²) in [5, 5.41) is 5.10. The molecule has 1 aliphatic carbocycles. The van der Waals surface area contributed by atoms with E-state index in [1.165, 1.54) is 60.4 Å². The SMILES string of the molecule is C1=C(c2ccc(N(c3ccc(-c4ccccc4)cc3)c3ccc(-n4c5ccccc5c5c6ccccc6ccc54)cc3)cc2)Cc2cccnc21. The van der Waals surface area contributed by atoms with Gasteiger partial charge in [-0.15, -0.1) is 0 Å². The van der Waals surface area contributed by atoms with Crippen molar-refractivity contribution < 1.29 is 0 Å². The average molecular weight is 652 g/mol. The molecule has 240 valence electrons. The van der Waals surface area contributed by atoms with E-state index in [2.05, 4.69) is 190 Å². The third-order valence-electron chi connectivity index (χ3n) is 10.3. The molecule has 10 rings (SSSR count). The van der Waals surface area contributed by atoms with Crippen LogP contribution in [-0.4, -0.2) is 9.55 Å². The zero-order chi connectivity index (χ0) is 33.7. The van der Waals surface area contributed by atoms with Crippen LogP contribution in [-0.2, 0) is 6.42 Å². The number of allylic oxidation sites excluding steroid dienone is 1. The minimum Gasteiger partial charge on any atom is -0.311 e. The maximum atomic E-state index is 4.57. The van der Waals surface area contributed by atoms with Crippen LogP contribution in [0.1, 0.15) is 16.8 Å². The molecule has 3 nitrogen and oxygen atoms in total. The molecule has 2 heterocycles. The summed E-state index contributed by atoms with van der Waals surface area (Å²) in [7, 11) is 0. The van der Waals surface area contributed by atoms with Gasteiger partial charge in [0, 0.05) is 46.1 Å². The van der Waals surface area contributed by atoms with Crippen LogP contribution in [0.2, 0.25) is 0 Å². The predicted molar refractivity (Wildman–Crippen MR) is 214 cm³/mol. The molecule has 7 aromatic carbocycles. The number of hydrogen-bond donors (Lipinski definition) is 0. The molecule has 2 aromatic heterocycles. The van der Waals surface area contributed by atoms with Crippen LogP contribution < -0.4 is 4.90 Å². The van der Waals surface area contributed by atoms with Crippen molar-refractivity contribution in [1.82, 2.24) is 9.55 Å². The van der Waals surface area contributed by atoms with Crippen molar-refractivity contribution in [2.24, 2.45) is 0 Å². The van der Waals surface area contributed by atoms with Gasteiger partial charge in [-0.1, -0.05) is 109 Å². The molecule has 0 bridgehead atoms. The summed E-state index contributed by atoms with van der Waals surface area (Å²) in [6.45, 7) is 0. The number of fused-ring (bicyclic) bond motifs is 6. The Morgan fingerprint density at radius 1 is 0.471 bits per heavy atom. The van der Waals surface area contributed by atoms with Crippen LogP contribution >= 0.6 is 0 Å². The minimum atomic E-state index is 0.910. The number of anilines is 3. The molecule has 9 aromatic rings. The maximum absolute atomic E-state index is 4.57.